The Morgan fingerprint density at radius 3 is 2.26 bits per heavy atom. The smallest absolute Gasteiger partial charge is 0.339 e. The lowest BCUT2D eigenvalue weighted by Gasteiger charge is -2.41. The van der Waals surface area contributed by atoms with Crippen LogP contribution < -0.4 is 9.64 Å². The molecule has 2 heterocycles. The molecule has 3 aromatic rings. The van der Waals surface area contributed by atoms with E-state index in [1.807, 2.05) is 52.0 Å². The number of ether oxygens (including phenoxy) is 3. The van der Waals surface area contributed by atoms with Crippen molar-refractivity contribution in [1.29, 1.82) is 0 Å². The number of aromatic nitrogens is 1. The Morgan fingerprint density at radius 2 is 1.70 bits per heavy atom. The lowest BCUT2D eigenvalue weighted by Crippen LogP contribution is -2.39. The van der Waals surface area contributed by atoms with Crippen LogP contribution in [0.4, 0.5) is 10.1 Å². The second kappa shape index (κ2) is 13.8. The SMILES string of the molecule is COC(=O)C(OC(C)(C)C)c1c(CBr)nc(C)c(-c2ccc(OCCc3ccc(F)cc3)cc2)c1N1CCC(C)(C)CC1. The standard InChI is InChI=1S/C35H44BrFN2O4/c1-23-29(25-10-14-27(15-11-25)42-21-16-24-8-12-26(37)13-9-24)31(39-19-17-35(5,6)18-20-39)30(28(22-36)38-23)32(33(40)41-7)43-34(2,3)4/h8-15,32H,16-22H2,1-7H3. The second-order valence-corrected chi connectivity index (χ2v) is 13.5. The summed E-state index contributed by atoms with van der Waals surface area (Å²) in [5, 5.41) is 0.470. The summed E-state index contributed by atoms with van der Waals surface area (Å²) < 4.78 is 31.0. The Balaban J connectivity index is 1.76. The molecular formula is C35H44BrFN2O4. The fraction of sp³-hybridized carbons (Fsp3) is 0.486. The third kappa shape index (κ3) is 8.36. The highest BCUT2D eigenvalue weighted by Gasteiger charge is 2.37. The number of nitrogens with zero attached hydrogens (tertiary/aromatic N) is 2. The van der Waals surface area contributed by atoms with Gasteiger partial charge in [-0.1, -0.05) is 54.0 Å². The van der Waals surface area contributed by atoms with Crippen LogP contribution in [0.1, 0.15) is 76.1 Å². The number of hydrogen-bond donors (Lipinski definition) is 0. The van der Waals surface area contributed by atoms with Gasteiger partial charge in [-0.15, -0.1) is 0 Å². The van der Waals surface area contributed by atoms with Gasteiger partial charge in [-0.05, 0) is 81.3 Å². The topological polar surface area (TPSA) is 60.9 Å². The summed E-state index contributed by atoms with van der Waals surface area (Å²) in [7, 11) is 1.40. The van der Waals surface area contributed by atoms with Crippen molar-refractivity contribution in [3.8, 4) is 16.9 Å². The Labute approximate surface area is 264 Å². The number of hydrogen-bond acceptors (Lipinski definition) is 6. The largest absolute Gasteiger partial charge is 0.493 e. The van der Waals surface area contributed by atoms with Crippen molar-refractivity contribution in [3.05, 3.63) is 76.9 Å². The second-order valence-electron chi connectivity index (χ2n) is 12.9. The van der Waals surface area contributed by atoms with Gasteiger partial charge in [0, 0.05) is 41.7 Å². The van der Waals surface area contributed by atoms with E-state index in [1.54, 1.807) is 12.1 Å². The van der Waals surface area contributed by atoms with Gasteiger partial charge < -0.3 is 19.1 Å². The number of halogens is 2. The summed E-state index contributed by atoms with van der Waals surface area (Å²) in [5.41, 5.74) is 5.99. The minimum atomic E-state index is -0.941. The van der Waals surface area contributed by atoms with Gasteiger partial charge in [-0.25, -0.2) is 9.18 Å². The van der Waals surface area contributed by atoms with Gasteiger partial charge in [0.25, 0.3) is 0 Å². The molecule has 0 N–H and O–H groups in total. The Kier molecular flexibility index (Phi) is 10.5. The summed E-state index contributed by atoms with van der Waals surface area (Å²) in [6, 6.07) is 14.5. The van der Waals surface area contributed by atoms with E-state index < -0.39 is 17.7 Å². The molecule has 4 rings (SSSR count). The van der Waals surface area contributed by atoms with Gasteiger partial charge in [0.05, 0.1) is 30.7 Å². The highest BCUT2D eigenvalue weighted by atomic mass is 79.9. The van der Waals surface area contributed by atoms with Gasteiger partial charge in [0.2, 0.25) is 0 Å². The third-order valence-electron chi connectivity index (χ3n) is 7.89. The molecule has 0 aliphatic carbocycles. The number of benzene rings is 2. The van der Waals surface area contributed by atoms with Gasteiger partial charge in [-0.2, -0.15) is 0 Å². The van der Waals surface area contributed by atoms with Crippen molar-refractivity contribution in [2.75, 3.05) is 31.7 Å². The molecule has 1 aliphatic heterocycles. The Morgan fingerprint density at radius 1 is 1.07 bits per heavy atom. The summed E-state index contributed by atoms with van der Waals surface area (Å²) in [4.78, 5) is 20.8. The zero-order valence-electron chi connectivity index (χ0n) is 26.4. The number of alkyl halides is 1. The van der Waals surface area contributed by atoms with E-state index in [2.05, 4.69) is 34.7 Å². The molecule has 0 bridgehead atoms. The molecule has 1 aliphatic rings. The van der Waals surface area contributed by atoms with Crippen LogP contribution in [-0.4, -0.2) is 43.4 Å². The van der Waals surface area contributed by atoms with Crippen LogP contribution in [-0.2, 0) is 26.0 Å². The maximum atomic E-state index is 13.3. The third-order valence-corrected chi connectivity index (χ3v) is 8.42. The van der Waals surface area contributed by atoms with Crippen LogP contribution in [0, 0.1) is 18.2 Å². The number of carbonyl (C=O) groups excluding carboxylic acids is 1. The molecule has 1 fully saturated rings. The molecule has 0 radical (unpaired) electrons. The predicted molar refractivity (Wildman–Crippen MR) is 173 cm³/mol. The fourth-order valence-electron chi connectivity index (χ4n) is 5.49. The molecule has 1 atom stereocenters. The van der Waals surface area contributed by atoms with Crippen molar-refractivity contribution < 1.29 is 23.4 Å². The van der Waals surface area contributed by atoms with Crippen LogP contribution in [0.3, 0.4) is 0 Å². The first-order valence-corrected chi connectivity index (χ1v) is 16.0. The molecule has 1 unspecified atom stereocenters. The highest BCUT2D eigenvalue weighted by Crippen LogP contribution is 2.45. The number of methoxy groups -OCH3 is 1. The first-order chi connectivity index (χ1) is 20.3. The first kappa shape index (κ1) is 32.9. The van der Waals surface area contributed by atoms with Gasteiger partial charge in [-0.3, -0.25) is 4.98 Å². The Bertz CT molecular complexity index is 1390. The number of piperidine rings is 1. The quantitative estimate of drug-likeness (QED) is 0.162. The van der Waals surface area contributed by atoms with E-state index in [0.29, 0.717) is 18.4 Å². The Hall–Kier alpha value is -2.97. The van der Waals surface area contributed by atoms with Crippen molar-refractivity contribution in [1.82, 2.24) is 4.98 Å². The van der Waals surface area contributed by atoms with E-state index in [-0.39, 0.29) is 11.2 Å². The van der Waals surface area contributed by atoms with E-state index in [4.69, 9.17) is 19.2 Å². The zero-order valence-corrected chi connectivity index (χ0v) is 28.0. The van der Waals surface area contributed by atoms with Gasteiger partial charge in [0.1, 0.15) is 11.6 Å². The highest BCUT2D eigenvalue weighted by molar-refractivity contribution is 9.08. The van der Waals surface area contributed by atoms with E-state index >= 15 is 0 Å². The number of pyridine rings is 1. The molecule has 232 valence electrons. The predicted octanol–water partition coefficient (Wildman–Crippen LogP) is 8.37. The molecule has 1 saturated heterocycles. The monoisotopic (exact) mass is 654 g/mol. The molecule has 43 heavy (non-hydrogen) atoms. The van der Waals surface area contributed by atoms with Crippen molar-refractivity contribution >= 4 is 27.6 Å². The maximum Gasteiger partial charge on any atom is 0.339 e. The minimum absolute atomic E-state index is 0.243. The van der Waals surface area contributed by atoms with Gasteiger partial charge >= 0.3 is 5.97 Å². The number of carbonyl (C=O) groups is 1. The number of esters is 1. The minimum Gasteiger partial charge on any atom is -0.493 e. The van der Waals surface area contributed by atoms with E-state index in [1.165, 1.54) is 19.2 Å². The molecule has 0 amide bonds. The van der Waals surface area contributed by atoms with Crippen molar-refractivity contribution in [2.24, 2.45) is 5.41 Å². The van der Waals surface area contributed by atoms with Crippen LogP contribution in [0.15, 0.2) is 48.5 Å². The summed E-state index contributed by atoms with van der Waals surface area (Å²) in [5.74, 6) is 0.0589. The van der Waals surface area contributed by atoms with E-state index in [9.17, 15) is 9.18 Å². The average molecular weight is 656 g/mol. The van der Waals surface area contributed by atoms with Crippen LogP contribution in [0.5, 0.6) is 5.75 Å². The van der Waals surface area contributed by atoms with Gasteiger partial charge in [0.15, 0.2) is 6.10 Å². The van der Waals surface area contributed by atoms with Crippen LogP contribution in [0.25, 0.3) is 11.1 Å². The summed E-state index contributed by atoms with van der Waals surface area (Å²) >= 11 is 3.65. The lowest BCUT2D eigenvalue weighted by molar-refractivity contribution is -0.164. The van der Waals surface area contributed by atoms with Crippen molar-refractivity contribution in [2.45, 2.75) is 77.8 Å². The first-order valence-electron chi connectivity index (χ1n) is 14.9. The average Bonchev–Trinajstić information content (AvgIpc) is 2.96. The number of aryl methyl sites for hydroxylation is 1. The number of rotatable bonds is 10. The maximum absolute atomic E-state index is 13.3. The molecule has 8 heteroatoms. The van der Waals surface area contributed by atoms with Crippen LogP contribution in [0.2, 0.25) is 0 Å². The molecular weight excluding hydrogens is 611 g/mol. The molecule has 6 nitrogen and oxygen atoms in total. The summed E-state index contributed by atoms with van der Waals surface area (Å²) in [6.07, 6.45) is 1.80. The van der Waals surface area contributed by atoms with Crippen LogP contribution >= 0.6 is 15.9 Å². The zero-order chi connectivity index (χ0) is 31.4. The fourth-order valence-corrected chi connectivity index (χ4v) is 5.92. The number of anilines is 1. The summed E-state index contributed by atoms with van der Waals surface area (Å²) in [6.45, 7) is 14.7. The molecule has 0 saturated carbocycles. The van der Waals surface area contributed by atoms with Crippen molar-refractivity contribution in [3.63, 3.8) is 0 Å². The lowest BCUT2D eigenvalue weighted by atomic mass is 9.82. The molecule has 0 spiro atoms. The normalized spacial score (nSPS) is 15.7. The molecule has 1 aromatic heterocycles. The molecule has 2 aromatic carbocycles. The van der Waals surface area contributed by atoms with E-state index in [0.717, 1.165) is 71.0 Å².